The Balaban J connectivity index is 3.80. The van der Waals surface area contributed by atoms with Crippen LogP contribution in [-0.4, -0.2) is 63.9 Å². The average molecular weight is 485 g/mol. The second-order valence-electron chi connectivity index (χ2n) is 9.72. The predicted octanol–water partition coefficient (Wildman–Crippen LogP) is 6.26. The highest BCUT2D eigenvalue weighted by Crippen LogP contribution is 2.14. The Bertz CT molecular complexity index is 535. The highest BCUT2D eigenvalue weighted by atomic mass is 16.4. The highest BCUT2D eigenvalue weighted by molar-refractivity contribution is 5.73. The zero-order valence-electron chi connectivity index (χ0n) is 21.5. The molecular formula is C27H50NO6+. The molecule has 0 amide bonds. The van der Waals surface area contributed by atoms with Crippen LogP contribution in [0.1, 0.15) is 116 Å². The lowest BCUT2D eigenvalue weighted by atomic mass is 10.1. The van der Waals surface area contributed by atoms with E-state index in [1.807, 2.05) is 0 Å². The van der Waals surface area contributed by atoms with Gasteiger partial charge in [0.15, 0.2) is 19.6 Å². The van der Waals surface area contributed by atoms with E-state index < -0.39 is 42.0 Å². The standard InChI is InChI=1S/C27H49NO6/c1-2-3-4-5-6-7-8-9-10-11-12-13-14-15-16-17-18-19-20-21-28(22-25(29)30,23-26(31)32)24-27(33)34/h14-15H,2-13,16-24H2,1H3,(H2-,29,30,31,32,33,34)/p+1/b15-14+. The summed E-state index contributed by atoms with van der Waals surface area (Å²) in [6.07, 6.45) is 25.0. The van der Waals surface area contributed by atoms with Gasteiger partial charge in [-0.25, -0.2) is 14.4 Å². The molecule has 3 N–H and O–H groups in total. The molecule has 0 aliphatic rings. The van der Waals surface area contributed by atoms with Gasteiger partial charge in [0.1, 0.15) is 0 Å². The molecule has 0 spiro atoms. The Hall–Kier alpha value is -1.89. The van der Waals surface area contributed by atoms with Gasteiger partial charge in [-0.1, -0.05) is 89.7 Å². The second kappa shape index (κ2) is 21.6. The van der Waals surface area contributed by atoms with Crippen molar-refractivity contribution in [2.24, 2.45) is 0 Å². The van der Waals surface area contributed by atoms with Crippen LogP contribution >= 0.6 is 0 Å². The molecule has 0 fully saturated rings. The molecule has 0 unspecified atom stereocenters. The molecule has 0 aromatic heterocycles. The lowest BCUT2D eigenvalue weighted by Gasteiger charge is -2.34. The van der Waals surface area contributed by atoms with E-state index in [-0.39, 0.29) is 6.54 Å². The van der Waals surface area contributed by atoms with E-state index in [0.717, 1.165) is 32.1 Å². The maximum Gasteiger partial charge on any atom is 0.359 e. The molecule has 7 nitrogen and oxygen atoms in total. The van der Waals surface area contributed by atoms with E-state index in [4.69, 9.17) is 15.3 Å². The first-order chi connectivity index (χ1) is 16.3. The van der Waals surface area contributed by atoms with Crippen molar-refractivity contribution in [2.75, 3.05) is 26.2 Å². The van der Waals surface area contributed by atoms with Crippen molar-refractivity contribution < 1.29 is 34.2 Å². The number of carboxylic acids is 3. The van der Waals surface area contributed by atoms with Crippen LogP contribution in [0.3, 0.4) is 0 Å². The lowest BCUT2D eigenvalue weighted by molar-refractivity contribution is -0.907. The first kappa shape index (κ1) is 32.1. The van der Waals surface area contributed by atoms with Gasteiger partial charge in [0.25, 0.3) is 0 Å². The van der Waals surface area contributed by atoms with E-state index in [9.17, 15) is 14.4 Å². The summed E-state index contributed by atoms with van der Waals surface area (Å²) in [4.78, 5) is 33.5. The van der Waals surface area contributed by atoms with Crippen molar-refractivity contribution in [1.82, 2.24) is 0 Å². The molecule has 0 heterocycles. The molecule has 0 atom stereocenters. The molecule has 0 saturated carbocycles. The number of carboxylic acid groups (broad SMARTS) is 3. The molecule has 0 bridgehead atoms. The first-order valence-corrected chi connectivity index (χ1v) is 13.5. The Labute approximate surface area is 206 Å². The maximum atomic E-state index is 11.2. The Kier molecular flexibility index (Phi) is 20.4. The first-order valence-electron chi connectivity index (χ1n) is 13.5. The van der Waals surface area contributed by atoms with Crippen LogP contribution in [0.2, 0.25) is 0 Å². The highest BCUT2D eigenvalue weighted by Gasteiger charge is 2.35. The van der Waals surface area contributed by atoms with Crippen LogP contribution in [0.15, 0.2) is 12.2 Å². The molecular weight excluding hydrogens is 434 g/mol. The van der Waals surface area contributed by atoms with Crippen LogP contribution in [0, 0.1) is 0 Å². The second-order valence-corrected chi connectivity index (χ2v) is 9.72. The minimum absolute atomic E-state index is 0.250. The zero-order valence-corrected chi connectivity index (χ0v) is 21.5. The molecule has 198 valence electrons. The van der Waals surface area contributed by atoms with Gasteiger partial charge < -0.3 is 15.3 Å². The molecule has 34 heavy (non-hydrogen) atoms. The summed E-state index contributed by atoms with van der Waals surface area (Å²) >= 11 is 0. The number of aliphatic carboxylic acids is 3. The van der Waals surface area contributed by atoms with Gasteiger partial charge in [-0.3, -0.25) is 4.48 Å². The average Bonchev–Trinajstić information content (AvgIpc) is 2.73. The van der Waals surface area contributed by atoms with Crippen molar-refractivity contribution in [3.8, 4) is 0 Å². The van der Waals surface area contributed by atoms with Crippen molar-refractivity contribution in [1.29, 1.82) is 0 Å². The van der Waals surface area contributed by atoms with Gasteiger partial charge in [-0.2, -0.15) is 0 Å². The van der Waals surface area contributed by atoms with Crippen molar-refractivity contribution in [3.05, 3.63) is 12.2 Å². The van der Waals surface area contributed by atoms with Gasteiger partial charge in [-0.15, -0.1) is 0 Å². The third-order valence-corrected chi connectivity index (χ3v) is 6.31. The quantitative estimate of drug-likeness (QED) is 0.0800. The molecule has 0 aromatic rings. The monoisotopic (exact) mass is 484 g/mol. The normalized spacial score (nSPS) is 11.8. The van der Waals surface area contributed by atoms with E-state index >= 15 is 0 Å². The Morgan fingerprint density at radius 2 is 0.853 bits per heavy atom. The molecule has 0 rings (SSSR count). The van der Waals surface area contributed by atoms with Crippen LogP contribution < -0.4 is 0 Å². The van der Waals surface area contributed by atoms with Crippen molar-refractivity contribution >= 4 is 17.9 Å². The Morgan fingerprint density at radius 3 is 1.21 bits per heavy atom. The lowest BCUT2D eigenvalue weighted by Crippen LogP contribution is -2.57. The number of hydrogen-bond acceptors (Lipinski definition) is 3. The van der Waals surface area contributed by atoms with Gasteiger partial charge >= 0.3 is 17.9 Å². The number of allylic oxidation sites excluding steroid dienone is 2. The Morgan fingerprint density at radius 1 is 0.529 bits per heavy atom. The third-order valence-electron chi connectivity index (χ3n) is 6.31. The minimum Gasteiger partial charge on any atom is -0.477 e. The smallest absolute Gasteiger partial charge is 0.359 e. The van der Waals surface area contributed by atoms with Crippen molar-refractivity contribution in [2.45, 2.75) is 116 Å². The molecule has 0 radical (unpaired) electrons. The van der Waals surface area contributed by atoms with Crippen molar-refractivity contribution in [3.63, 3.8) is 0 Å². The van der Waals surface area contributed by atoms with Crippen LogP contribution in [0.25, 0.3) is 0 Å². The molecule has 0 aliphatic heterocycles. The number of hydrogen-bond donors (Lipinski definition) is 3. The SMILES string of the molecule is CCCCCCCCCCCCC/C=C/CCCCCC[N+](CC(=O)O)(CC(=O)O)CC(=O)O. The van der Waals surface area contributed by atoms with E-state index in [1.165, 1.54) is 70.6 Å². The van der Waals surface area contributed by atoms with Gasteiger partial charge in [0, 0.05) is 0 Å². The summed E-state index contributed by atoms with van der Waals surface area (Å²) < 4.78 is -0.446. The zero-order chi connectivity index (χ0) is 25.5. The number of rotatable bonds is 25. The summed E-state index contributed by atoms with van der Waals surface area (Å²) in [5, 5.41) is 27.4. The van der Waals surface area contributed by atoms with E-state index in [2.05, 4.69) is 19.1 Å². The maximum absolute atomic E-state index is 11.2. The van der Waals surface area contributed by atoms with Crippen LogP contribution in [0.4, 0.5) is 0 Å². The van der Waals surface area contributed by atoms with Gasteiger partial charge in [-0.05, 0) is 38.5 Å². The van der Waals surface area contributed by atoms with Crippen LogP contribution in [0.5, 0.6) is 0 Å². The van der Waals surface area contributed by atoms with E-state index in [0.29, 0.717) is 6.42 Å². The predicted molar refractivity (Wildman–Crippen MR) is 136 cm³/mol. The number of nitrogens with zero attached hydrogens (tertiary/aromatic N) is 1. The summed E-state index contributed by atoms with van der Waals surface area (Å²) in [6.45, 7) is 1.05. The summed E-state index contributed by atoms with van der Waals surface area (Å²) in [5.41, 5.74) is 0. The largest absolute Gasteiger partial charge is 0.477 e. The van der Waals surface area contributed by atoms with E-state index in [1.54, 1.807) is 0 Å². The number of unbranched alkanes of at least 4 members (excludes halogenated alkanes) is 15. The van der Waals surface area contributed by atoms with Gasteiger partial charge in [0.05, 0.1) is 6.54 Å². The molecule has 0 aliphatic carbocycles. The number of carbonyl (C=O) groups is 3. The fraction of sp³-hybridized carbons (Fsp3) is 0.815. The summed E-state index contributed by atoms with van der Waals surface area (Å²) in [7, 11) is 0. The molecule has 7 heteroatoms. The van der Waals surface area contributed by atoms with Gasteiger partial charge in [0.2, 0.25) is 0 Å². The topological polar surface area (TPSA) is 112 Å². The summed E-state index contributed by atoms with van der Waals surface area (Å²) in [5.74, 6) is -3.53. The molecule has 0 aromatic carbocycles. The minimum atomic E-state index is -1.18. The molecule has 0 saturated heterocycles. The summed E-state index contributed by atoms with van der Waals surface area (Å²) in [6, 6.07) is 0. The number of quaternary nitrogens is 1. The fourth-order valence-corrected chi connectivity index (χ4v) is 4.49. The van der Waals surface area contributed by atoms with Crippen LogP contribution in [-0.2, 0) is 14.4 Å². The fourth-order valence-electron chi connectivity index (χ4n) is 4.49. The third kappa shape index (κ3) is 20.7.